The van der Waals surface area contributed by atoms with E-state index in [0.717, 1.165) is 41.2 Å². The second kappa shape index (κ2) is 5.89. The van der Waals surface area contributed by atoms with E-state index in [9.17, 15) is 0 Å². The molecule has 0 bridgehead atoms. The third-order valence-corrected chi connectivity index (χ3v) is 5.00. The molecule has 0 atom stereocenters. The molecule has 104 valence electrons. The summed E-state index contributed by atoms with van der Waals surface area (Å²) in [5.41, 5.74) is 0. The number of nitrogens with one attached hydrogen (secondary N) is 1. The summed E-state index contributed by atoms with van der Waals surface area (Å²) >= 11 is 3.54. The third kappa shape index (κ3) is 2.83. The molecular formula is C15H17N3S2. The normalized spacial score (nSPS) is 11.1. The van der Waals surface area contributed by atoms with Crippen molar-refractivity contribution in [3.8, 4) is 0 Å². The average Bonchev–Trinajstić information content (AvgIpc) is 3.06. The molecule has 0 spiro atoms. The standard InChI is InChI=1S/C15H17N3S2/c1-3-13-17-14(12-9-10(2)20-15(12)18-13)16-7-6-11-5-4-8-19-11/h4-5,8-9H,3,6-7H2,1-2H3,(H,16,17,18). The first-order valence-electron chi connectivity index (χ1n) is 6.79. The second-order valence-electron chi connectivity index (χ2n) is 4.67. The van der Waals surface area contributed by atoms with Crippen LogP contribution in [-0.2, 0) is 12.8 Å². The fourth-order valence-electron chi connectivity index (χ4n) is 2.14. The molecule has 5 heteroatoms. The van der Waals surface area contributed by atoms with Crippen LogP contribution in [0.4, 0.5) is 5.82 Å². The number of nitrogens with zero attached hydrogens (tertiary/aromatic N) is 2. The summed E-state index contributed by atoms with van der Waals surface area (Å²) in [7, 11) is 0. The minimum atomic E-state index is 0.868. The molecule has 0 aliphatic carbocycles. The molecule has 0 radical (unpaired) electrons. The molecule has 1 N–H and O–H groups in total. The van der Waals surface area contributed by atoms with Crippen molar-refractivity contribution in [1.29, 1.82) is 0 Å². The van der Waals surface area contributed by atoms with E-state index in [1.807, 2.05) is 0 Å². The Morgan fingerprint density at radius 1 is 1.30 bits per heavy atom. The Labute approximate surface area is 126 Å². The van der Waals surface area contributed by atoms with Crippen molar-refractivity contribution in [2.75, 3.05) is 11.9 Å². The van der Waals surface area contributed by atoms with Gasteiger partial charge in [-0.05, 0) is 30.9 Å². The zero-order valence-corrected chi connectivity index (χ0v) is 13.3. The van der Waals surface area contributed by atoms with Gasteiger partial charge in [-0.15, -0.1) is 22.7 Å². The molecule has 0 amide bonds. The molecule has 0 fully saturated rings. The Morgan fingerprint density at radius 3 is 2.95 bits per heavy atom. The second-order valence-corrected chi connectivity index (χ2v) is 6.94. The Morgan fingerprint density at radius 2 is 2.20 bits per heavy atom. The Bertz CT molecular complexity index is 701. The van der Waals surface area contributed by atoms with Gasteiger partial charge in [0.05, 0.1) is 5.39 Å². The highest BCUT2D eigenvalue weighted by molar-refractivity contribution is 7.18. The van der Waals surface area contributed by atoms with Crippen LogP contribution in [0.15, 0.2) is 23.6 Å². The van der Waals surface area contributed by atoms with Gasteiger partial charge >= 0.3 is 0 Å². The summed E-state index contributed by atoms with van der Waals surface area (Å²) in [6, 6.07) is 6.45. The molecule has 3 rings (SSSR count). The third-order valence-electron chi connectivity index (χ3n) is 3.12. The highest BCUT2D eigenvalue weighted by Gasteiger charge is 2.09. The van der Waals surface area contributed by atoms with Gasteiger partial charge in [0, 0.05) is 22.7 Å². The molecule has 3 nitrogen and oxygen atoms in total. The number of aryl methyl sites for hydroxylation is 2. The van der Waals surface area contributed by atoms with Crippen LogP contribution in [0.2, 0.25) is 0 Å². The van der Waals surface area contributed by atoms with Crippen molar-refractivity contribution in [3.63, 3.8) is 0 Å². The zero-order valence-electron chi connectivity index (χ0n) is 11.6. The van der Waals surface area contributed by atoms with Gasteiger partial charge in [-0.25, -0.2) is 9.97 Å². The number of hydrogen-bond donors (Lipinski definition) is 1. The van der Waals surface area contributed by atoms with Crippen LogP contribution in [0.1, 0.15) is 22.5 Å². The van der Waals surface area contributed by atoms with Gasteiger partial charge in [0.25, 0.3) is 0 Å². The Kier molecular flexibility index (Phi) is 3.98. The largest absolute Gasteiger partial charge is 0.369 e. The first-order valence-corrected chi connectivity index (χ1v) is 8.49. The van der Waals surface area contributed by atoms with Crippen molar-refractivity contribution in [1.82, 2.24) is 9.97 Å². The van der Waals surface area contributed by atoms with Crippen molar-refractivity contribution in [2.24, 2.45) is 0 Å². The number of anilines is 1. The molecule has 3 heterocycles. The zero-order chi connectivity index (χ0) is 13.9. The fourth-order valence-corrected chi connectivity index (χ4v) is 3.75. The van der Waals surface area contributed by atoms with E-state index >= 15 is 0 Å². The summed E-state index contributed by atoms with van der Waals surface area (Å²) in [4.78, 5) is 13.0. The van der Waals surface area contributed by atoms with Crippen LogP contribution in [0, 0.1) is 6.92 Å². The van der Waals surface area contributed by atoms with Crippen LogP contribution >= 0.6 is 22.7 Å². The van der Waals surface area contributed by atoms with E-state index in [1.165, 1.54) is 9.75 Å². The summed E-state index contributed by atoms with van der Waals surface area (Å²) in [6.07, 6.45) is 1.90. The number of rotatable bonds is 5. The maximum atomic E-state index is 4.64. The number of fused-ring (bicyclic) bond motifs is 1. The van der Waals surface area contributed by atoms with Gasteiger partial charge < -0.3 is 5.32 Å². The monoisotopic (exact) mass is 303 g/mol. The number of hydrogen-bond acceptors (Lipinski definition) is 5. The summed E-state index contributed by atoms with van der Waals surface area (Å²) in [5.74, 6) is 1.89. The average molecular weight is 303 g/mol. The summed E-state index contributed by atoms with van der Waals surface area (Å²) in [6.45, 7) is 5.12. The highest BCUT2D eigenvalue weighted by Crippen LogP contribution is 2.28. The van der Waals surface area contributed by atoms with E-state index in [1.54, 1.807) is 22.7 Å². The first-order chi connectivity index (χ1) is 9.76. The lowest BCUT2D eigenvalue weighted by Gasteiger charge is -2.07. The lowest BCUT2D eigenvalue weighted by molar-refractivity contribution is 0.950. The van der Waals surface area contributed by atoms with Crippen LogP contribution in [0.25, 0.3) is 10.2 Å². The van der Waals surface area contributed by atoms with Gasteiger partial charge in [0.15, 0.2) is 0 Å². The quantitative estimate of drug-likeness (QED) is 0.764. The minimum absolute atomic E-state index is 0.868. The van der Waals surface area contributed by atoms with E-state index in [0.29, 0.717) is 0 Å². The summed E-state index contributed by atoms with van der Waals surface area (Å²) in [5, 5.41) is 6.75. The van der Waals surface area contributed by atoms with Gasteiger partial charge in [-0.3, -0.25) is 0 Å². The maximum absolute atomic E-state index is 4.64. The lowest BCUT2D eigenvalue weighted by Crippen LogP contribution is -2.07. The minimum Gasteiger partial charge on any atom is -0.369 e. The smallest absolute Gasteiger partial charge is 0.138 e. The fraction of sp³-hybridized carbons (Fsp3) is 0.333. The van der Waals surface area contributed by atoms with Gasteiger partial charge in [0.2, 0.25) is 0 Å². The SMILES string of the molecule is CCc1nc(NCCc2cccs2)c2cc(C)sc2n1. The molecule has 0 saturated heterocycles. The molecule has 0 aliphatic heterocycles. The van der Waals surface area contributed by atoms with E-state index in [4.69, 9.17) is 0 Å². The predicted octanol–water partition coefficient (Wildman–Crippen LogP) is 4.28. The lowest BCUT2D eigenvalue weighted by atomic mass is 10.3. The molecule has 0 unspecified atom stereocenters. The number of thiophene rings is 2. The Balaban J connectivity index is 1.81. The molecular weight excluding hydrogens is 286 g/mol. The molecule has 0 saturated carbocycles. The van der Waals surface area contributed by atoms with Gasteiger partial charge in [0.1, 0.15) is 16.5 Å². The Hall–Kier alpha value is -1.46. The topological polar surface area (TPSA) is 37.8 Å². The summed E-state index contributed by atoms with van der Waals surface area (Å²) < 4.78 is 0. The molecule has 0 aliphatic rings. The van der Waals surface area contributed by atoms with Crippen molar-refractivity contribution < 1.29 is 0 Å². The van der Waals surface area contributed by atoms with Gasteiger partial charge in [-0.1, -0.05) is 13.0 Å². The van der Waals surface area contributed by atoms with Crippen molar-refractivity contribution in [2.45, 2.75) is 26.7 Å². The van der Waals surface area contributed by atoms with Crippen LogP contribution < -0.4 is 5.32 Å². The van der Waals surface area contributed by atoms with E-state index in [-0.39, 0.29) is 0 Å². The van der Waals surface area contributed by atoms with E-state index in [2.05, 4.69) is 52.7 Å². The van der Waals surface area contributed by atoms with Crippen molar-refractivity contribution in [3.05, 3.63) is 39.2 Å². The molecule has 0 aromatic carbocycles. The van der Waals surface area contributed by atoms with Gasteiger partial charge in [-0.2, -0.15) is 0 Å². The van der Waals surface area contributed by atoms with E-state index < -0.39 is 0 Å². The first kappa shape index (κ1) is 13.5. The predicted molar refractivity (Wildman–Crippen MR) is 88.0 cm³/mol. The van der Waals surface area contributed by atoms with Crippen LogP contribution in [0.5, 0.6) is 0 Å². The molecule has 3 aromatic rings. The maximum Gasteiger partial charge on any atom is 0.138 e. The number of aromatic nitrogens is 2. The molecule has 20 heavy (non-hydrogen) atoms. The van der Waals surface area contributed by atoms with Crippen LogP contribution in [0.3, 0.4) is 0 Å². The van der Waals surface area contributed by atoms with Crippen molar-refractivity contribution >= 4 is 38.7 Å². The highest BCUT2D eigenvalue weighted by atomic mass is 32.1. The van der Waals surface area contributed by atoms with Crippen LogP contribution in [-0.4, -0.2) is 16.5 Å². The molecule has 3 aromatic heterocycles.